The van der Waals surface area contributed by atoms with Gasteiger partial charge in [-0.05, 0) is 109 Å². The van der Waals surface area contributed by atoms with Gasteiger partial charge in [-0.1, -0.05) is 67.0 Å². The van der Waals surface area contributed by atoms with Gasteiger partial charge in [-0.15, -0.1) is 0 Å². The molecule has 4 fully saturated rings. The van der Waals surface area contributed by atoms with Crippen LogP contribution in [0.5, 0.6) is 0 Å². The molecule has 5 aliphatic rings. The lowest BCUT2D eigenvalue weighted by molar-refractivity contribution is -0.180. The molecule has 0 bridgehead atoms. The highest BCUT2D eigenvalue weighted by Crippen LogP contribution is 2.76. The number of esters is 1. The van der Waals surface area contributed by atoms with E-state index in [0.29, 0.717) is 22.2 Å². The van der Waals surface area contributed by atoms with Crippen LogP contribution in [-0.4, -0.2) is 12.1 Å². The van der Waals surface area contributed by atoms with E-state index < -0.39 is 0 Å². The average molecular weight is 469 g/mol. The Morgan fingerprint density at radius 1 is 0.941 bits per heavy atom. The Labute approximate surface area is 210 Å². The van der Waals surface area contributed by atoms with Crippen LogP contribution in [0.15, 0.2) is 11.6 Å². The van der Waals surface area contributed by atoms with E-state index in [2.05, 4.69) is 61.5 Å². The molecule has 0 aromatic heterocycles. The van der Waals surface area contributed by atoms with Crippen LogP contribution in [0.3, 0.4) is 0 Å². The molecule has 192 valence electrons. The van der Waals surface area contributed by atoms with Gasteiger partial charge in [0.15, 0.2) is 0 Å². The summed E-state index contributed by atoms with van der Waals surface area (Å²) in [4.78, 5) is 11.9. The number of hydrogen-bond acceptors (Lipinski definition) is 2. The summed E-state index contributed by atoms with van der Waals surface area (Å²) in [5.74, 6) is 3.90. The van der Waals surface area contributed by atoms with Gasteiger partial charge in [0.2, 0.25) is 0 Å². The molecule has 0 spiro atoms. The minimum absolute atomic E-state index is 0.0257. The molecule has 0 aliphatic heterocycles. The van der Waals surface area contributed by atoms with Crippen molar-refractivity contribution in [3.63, 3.8) is 0 Å². The van der Waals surface area contributed by atoms with Crippen LogP contribution in [0, 0.1) is 56.7 Å². The number of rotatable bonds is 2. The van der Waals surface area contributed by atoms with Gasteiger partial charge in [-0.25, -0.2) is 0 Å². The Morgan fingerprint density at radius 2 is 1.65 bits per heavy atom. The van der Waals surface area contributed by atoms with Crippen LogP contribution >= 0.6 is 0 Å². The second-order valence-electron chi connectivity index (χ2n) is 15.3. The number of carbonyl (C=O) groups excluding carboxylic acids is 1. The van der Waals surface area contributed by atoms with E-state index in [0.717, 1.165) is 36.5 Å². The molecule has 0 aromatic carbocycles. The predicted octanol–water partition coefficient (Wildman–Crippen LogP) is 8.60. The summed E-state index contributed by atoms with van der Waals surface area (Å²) in [6.07, 6.45) is 14.6. The highest BCUT2D eigenvalue weighted by molar-refractivity contribution is 5.66. The molecule has 0 unspecified atom stereocenters. The van der Waals surface area contributed by atoms with Crippen molar-refractivity contribution in [2.24, 2.45) is 56.7 Å². The third-order valence-electron chi connectivity index (χ3n) is 13.3. The Hall–Kier alpha value is -0.790. The lowest BCUT2D eigenvalue weighted by atomic mass is 9.35. The fraction of sp³-hybridized carbons (Fsp3) is 0.906. The third-order valence-corrected chi connectivity index (χ3v) is 13.3. The van der Waals surface area contributed by atoms with Crippen molar-refractivity contribution in [2.75, 3.05) is 0 Å². The lowest BCUT2D eigenvalue weighted by Crippen LogP contribution is -2.62. The summed E-state index contributed by atoms with van der Waals surface area (Å²) < 4.78 is 5.90. The van der Waals surface area contributed by atoms with E-state index in [9.17, 15) is 4.79 Å². The van der Waals surface area contributed by atoms with E-state index in [1.807, 2.05) is 0 Å². The van der Waals surface area contributed by atoms with Gasteiger partial charge in [0.1, 0.15) is 6.10 Å². The number of fused-ring (bicyclic) bond motifs is 7. The van der Waals surface area contributed by atoms with Crippen molar-refractivity contribution in [1.82, 2.24) is 0 Å². The van der Waals surface area contributed by atoms with E-state index in [1.54, 1.807) is 12.5 Å². The zero-order chi connectivity index (χ0) is 24.9. The fourth-order valence-corrected chi connectivity index (χ4v) is 11.3. The summed E-state index contributed by atoms with van der Waals surface area (Å²) in [6, 6.07) is 0. The van der Waals surface area contributed by atoms with Crippen LogP contribution in [0.2, 0.25) is 0 Å². The van der Waals surface area contributed by atoms with E-state index >= 15 is 0 Å². The molecule has 5 aliphatic carbocycles. The van der Waals surface area contributed by atoms with Gasteiger partial charge in [-0.2, -0.15) is 0 Å². The number of allylic oxidation sites excluding steroid dienone is 2. The molecule has 0 saturated heterocycles. The molecule has 0 amide bonds. The Kier molecular flexibility index (Phi) is 5.57. The zero-order valence-electron chi connectivity index (χ0n) is 23.7. The van der Waals surface area contributed by atoms with Crippen molar-refractivity contribution in [1.29, 1.82) is 0 Å². The molecule has 0 aromatic rings. The molecular weight excluding hydrogens is 416 g/mol. The van der Waals surface area contributed by atoms with Crippen LogP contribution in [0.25, 0.3) is 0 Å². The smallest absolute Gasteiger partial charge is 0.302 e. The van der Waals surface area contributed by atoms with Crippen LogP contribution in [0.4, 0.5) is 0 Å². The van der Waals surface area contributed by atoms with E-state index in [1.165, 1.54) is 44.9 Å². The van der Waals surface area contributed by atoms with Gasteiger partial charge >= 0.3 is 5.97 Å². The molecule has 2 heteroatoms. The summed E-state index contributed by atoms with van der Waals surface area (Å²) in [6.45, 7) is 22.0. The number of carbonyl (C=O) groups is 1. The maximum Gasteiger partial charge on any atom is 0.302 e. The van der Waals surface area contributed by atoms with Crippen molar-refractivity contribution in [3.8, 4) is 0 Å². The van der Waals surface area contributed by atoms with Gasteiger partial charge in [-0.3, -0.25) is 4.79 Å². The molecule has 34 heavy (non-hydrogen) atoms. The second-order valence-corrected chi connectivity index (χ2v) is 15.3. The minimum Gasteiger partial charge on any atom is -0.462 e. The van der Waals surface area contributed by atoms with Crippen molar-refractivity contribution >= 4 is 5.97 Å². The lowest BCUT2D eigenvalue weighted by Gasteiger charge is -2.70. The van der Waals surface area contributed by atoms with Gasteiger partial charge in [0, 0.05) is 12.3 Å². The molecule has 0 heterocycles. The summed E-state index contributed by atoms with van der Waals surface area (Å²) in [5.41, 5.74) is 3.33. The van der Waals surface area contributed by atoms with Gasteiger partial charge in [0.25, 0.3) is 0 Å². The van der Waals surface area contributed by atoms with Gasteiger partial charge < -0.3 is 4.74 Å². The molecule has 9 atom stereocenters. The Bertz CT molecular complexity index is 883. The van der Waals surface area contributed by atoms with Crippen LogP contribution in [-0.2, 0) is 9.53 Å². The number of ether oxygens (including phenoxy) is 1. The fourth-order valence-electron chi connectivity index (χ4n) is 11.3. The standard InChI is InChI=1S/C32H52O2/c1-20(2)22-12-15-29(6)18-19-31(8)23(27(22)29)10-11-25-30(7)16-14-26(34-21(3)33)28(4,5)24(30)13-17-32(25,31)9/h11,20,22-24,26-27H,10,12-19H2,1-9H3/t22-,23-,24+,26+,27-,29+,30-,31+,32+/m0/s1. The SMILES string of the molecule is CC(=O)O[C@@H]1CC[C@]2(C)C3=CC[C@H]4[C@@H]5[C@H](C(C)C)CC[C@]5(C)CC[C@@]4(C)[C@]3(C)CC[C@@H]2C1(C)C. The summed E-state index contributed by atoms with van der Waals surface area (Å²) in [5, 5.41) is 0. The third kappa shape index (κ3) is 3.08. The van der Waals surface area contributed by atoms with Crippen molar-refractivity contribution < 1.29 is 9.53 Å². The van der Waals surface area contributed by atoms with E-state index in [-0.39, 0.29) is 22.9 Å². The van der Waals surface area contributed by atoms with Crippen molar-refractivity contribution in [3.05, 3.63) is 11.6 Å². The summed E-state index contributed by atoms with van der Waals surface area (Å²) in [7, 11) is 0. The maximum atomic E-state index is 11.9. The molecule has 2 nitrogen and oxygen atoms in total. The molecular formula is C32H52O2. The molecule has 0 radical (unpaired) electrons. The monoisotopic (exact) mass is 468 g/mol. The molecule has 0 N–H and O–H groups in total. The zero-order valence-corrected chi connectivity index (χ0v) is 23.7. The second kappa shape index (κ2) is 7.61. The first-order valence-corrected chi connectivity index (χ1v) is 14.6. The normalized spacial score (nSPS) is 51.6. The van der Waals surface area contributed by atoms with Crippen LogP contribution < -0.4 is 0 Å². The first-order valence-electron chi connectivity index (χ1n) is 14.6. The molecule has 5 rings (SSSR count). The Balaban J connectivity index is 1.54. The Morgan fingerprint density at radius 3 is 2.29 bits per heavy atom. The minimum atomic E-state index is -0.115. The first kappa shape index (κ1) is 24.9. The van der Waals surface area contributed by atoms with Gasteiger partial charge in [0.05, 0.1) is 0 Å². The highest BCUT2D eigenvalue weighted by atomic mass is 16.5. The maximum absolute atomic E-state index is 11.9. The first-order chi connectivity index (χ1) is 15.7. The quantitative estimate of drug-likeness (QED) is 0.299. The predicted molar refractivity (Wildman–Crippen MR) is 140 cm³/mol. The topological polar surface area (TPSA) is 26.3 Å². The highest BCUT2D eigenvalue weighted by Gasteiger charge is 2.68. The largest absolute Gasteiger partial charge is 0.462 e. The van der Waals surface area contributed by atoms with Crippen molar-refractivity contribution in [2.45, 2.75) is 126 Å². The van der Waals surface area contributed by atoms with E-state index in [4.69, 9.17) is 4.74 Å². The number of hydrogen-bond donors (Lipinski definition) is 0. The average Bonchev–Trinajstić information content (AvgIpc) is 3.08. The summed E-state index contributed by atoms with van der Waals surface area (Å²) >= 11 is 0. The van der Waals surface area contributed by atoms with Crippen LogP contribution in [0.1, 0.15) is 120 Å². The molecule has 4 saturated carbocycles.